The van der Waals surface area contributed by atoms with Gasteiger partial charge in [0.15, 0.2) is 0 Å². The molecule has 1 aromatic heterocycles. The first-order chi connectivity index (χ1) is 14.2. The molecule has 0 aliphatic rings. The second-order valence-electron chi connectivity index (χ2n) is 7.16. The molecule has 3 aromatic carbocycles. The van der Waals surface area contributed by atoms with Gasteiger partial charge in [0.25, 0.3) is 5.89 Å². The summed E-state index contributed by atoms with van der Waals surface area (Å²) >= 11 is 5.94. The van der Waals surface area contributed by atoms with Crippen molar-refractivity contribution in [2.75, 3.05) is 0 Å². The molecule has 146 valence electrons. The molecule has 0 aliphatic heterocycles. The fourth-order valence-corrected chi connectivity index (χ4v) is 3.43. The van der Waals surface area contributed by atoms with Crippen LogP contribution < -0.4 is 0 Å². The average Bonchev–Trinajstić information content (AvgIpc) is 3.25. The van der Waals surface area contributed by atoms with Crippen molar-refractivity contribution in [3.63, 3.8) is 0 Å². The third-order valence-corrected chi connectivity index (χ3v) is 5.27. The number of nitrogens with zero attached hydrogens (tertiary/aromatic N) is 2. The smallest absolute Gasteiger partial charge is 0.258 e. The number of hydrogen-bond donors (Lipinski definition) is 0. The Balaban J connectivity index is 1.47. The van der Waals surface area contributed by atoms with Crippen LogP contribution >= 0.6 is 11.6 Å². The van der Waals surface area contributed by atoms with Crippen LogP contribution in [0.1, 0.15) is 31.7 Å². The van der Waals surface area contributed by atoms with Crippen molar-refractivity contribution >= 4 is 11.6 Å². The van der Waals surface area contributed by atoms with E-state index in [0.717, 1.165) is 17.5 Å². The van der Waals surface area contributed by atoms with Gasteiger partial charge in [-0.25, -0.2) is 0 Å². The van der Waals surface area contributed by atoms with Crippen molar-refractivity contribution in [3.8, 4) is 34.0 Å². The molecule has 0 N–H and O–H groups in total. The minimum Gasteiger partial charge on any atom is -0.334 e. The highest BCUT2D eigenvalue weighted by Crippen LogP contribution is 2.26. The number of aryl methyl sites for hydroxylation is 1. The molecule has 0 spiro atoms. The summed E-state index contributed by atoms with van der Waals surface area (Å²) < 4.78 is 5.41. The first-order valence-electron chi connectivity index (χ1n) is 10.0. The van der Waals surface area contributed by atoms with Crippen LogP contribution in [0, 0.1) is 0 Å². The van der Waals surface area contributed by atoms with E-state index >= 15 is 0 Å². The lowest BCUT2D eigenvalue weighted by Crippen LogP contribution is -1.86. The number of benzene rings is 3. The maximum Gasteiger partial charge on any atom is 0.258 e. The van der Waals surface area contributed by atoms with Gasteiger partial charge in [-0.1, -0.05) is 85.1 Å². The first kappa shape index (κ1) is 19.4. The second kappa shape index (κ2) is 9.06. The molecule has 4 rings (SSSR count). The number of halogens is 1. The van der Waals surface area contributed by atoms with E-state index < -0.39 is 0 Å². The zero-order chi connectivity index (χ0) is 20.1. The molecule has 3 nitrogen and oxygen atoms in total. The number of hydrogen-bond acceptors (Lipinski definition) is 3. The summed E-state index contributed by atoms with van der Waals surface area (Å²) in [7, 11) is 0. The molecule has 0 bridgehead atoms. The quantitative estimate of drug-likeness (QED) is 0.301. The maximum atomic E-state index is 5.94. The summed E-state index contributed by atoms with van der Waals surface area (Å²) in [6.07, 6.45) is 4.96. The predicted molar refractivity (Wildman–Crippen MR) is 119 cm³/mol. The molecule has 0 amide bonds. The monoisotopic (exact) mass is 402 g/mol. The Labute approximate surface area is 176 Å². The van der Waals surface area contributed by atoms with Crippen LogP contribution in [0.15, 0.2) is 77.3 Å². The maximum absolute atomic E-state index is 5.94. The lowest BCUT2D eigenvalue weighted by Gasteiger charge is -2.05. The molecule has 1 heterocycles. The lowest BCUT2D eigenvalue weighted by molar-refractivity contribution is 0.432. The highest BCUT2D eigenvalue weighted by atomic mass is 35.5. The standard InChI is InChI=1S/C25H23ClN2O/c1-2-3-4-5-18-6-8-19(9-7-18)20-10-12-21(13-11-20)24-27-25(29-28-24)22-14-16-23(26)17-15-22/h6-17H,2-5H2,1H3. The first-order valence-corrected chi connectivity index (χ1v) is 10.4. The Hall–Kier alpha value is -2.91. The third-order valence-electron chi connectivity index (χ3n) is 5.02. The molecule has 4 aromatic rings. The fourth-order valence-electron chi connectivity index (χ4n) is 3.31. The van der Waals surface area contributed by atoms with Crippen LogP contribution in [0.4, 0.5) is 0 Å². The average molecular weight is 403 g/mol. The van der Waals surface area contributed by atoms with E-state index in [0.29, 0.717) is 16.7 Å². The third kappa shape index (κ3) is 4.75. The Morgan fingerprint density at radius 1 is 0.724 bits per heavy atom. The van der Waals surface area contributed by atoms with Gasteiger partial charge in [-0.05, 0) is 53.8 Å². The number of unbranched alkanes of at least 4 members (excludes halogenated alkanes) is 2. The van der Waals surface area contributed by atoms with Crippen molar-refractivity contribution in [1.82, 2.24) is 10.1 Å². The summed E-state index contributed by atoms with van der Waals surface area (Å²) in [4.78, 5) is 4.51. The van der Waals surface area contributed by atoms with Crippen LogP contribution in [0.2, 0.25) is 5.02 Å². The van der Waals surface area contributed by atoms with E-state index in [-0.39, 0.29) is 0 Å². The zero-order valence-electron chi connectivity index (χ0n) is 16.4. The highest BCUT2D eigenvalue weighted by Gasteiger charge is 2.11. The van der Waals surface area contributed by atoms with Gasteiger partial charge in [0.05, 0.1) is 0 Å². The van der Waals surface area contributed by atoms with Crippen molar-refractivity contribution in [3.05, 3.63) is 83.4 Å². The Morgan fingerprint density at radius 3 is 1.97 bits per heavy atom. The van der Waals surface area contributed by atoms with Crippen molar-refractivity contribution < 1.29 is 4.52 Å². The number of aromatic nitrogens is 2. The highest BCUT2D eigenvalue weighted by molar-refractivity contribution is 6.30. The lowest BCUT2D eigenvalue weighted by atomic mass is 10.0. The van der Waals surface area contributed by atoms with E-state index in [9.17, 15) is 0 Å². The molecule has 29 heavy (non-hydrogen) atoms. The largest absolute Gasteiger partial charge is 0.334 e. The second-order valence-corrected chi connectivity index (χ2v) is 7.60. The Bertz CT molecular complexity index is 1050. The predicted octanol–water partition coefficient (Wildman–Crippen LogP) is 7.46. The molecular formula is C25H23ClN2O. The minimum absolute atomic E-state index is 0.486. The zero-order valence-corrected chi connectivity index (χ0v) is 17.2. The summed E-state index contributed by atoms with van der Waals surface area (Å²) in [6, 6.07) is 24.5. The van der Waals surface area contributed by atoms with E-state index in [4.69, 9.17) is 16.1 Å². The van der Waals surface area contributed by atoms with E-state index in [1.807, 2.05) is 36.4 Å². The molecule has 0 unspecified atom stereocenters. The van der Waals surface area contributed by atoms with Gasteiger partial charge in [0.2, 0.25) is 5.82 Å². The summed E-state index contributed by atoms with van der Waals surface area (Å²) in [5, 5.41) is 4.79. The molecule has 4 heteroatoms. The van der Waals surface area contributed by atoms with Crippen LogP contribution in [-0.4, -0.2) is 10.1 Å². The molecule has 0 radical (unpaired) electrons. The Morgan fingerprint density at radius 2 is 1.31 bits per heavy atom. The van der Waals surface area contributed by atoms with Gasteiger partial charge in [0.1, 0.15) is 0 Å². The van der Waals surface area contributed by atoms with Crippen LogP contribution in [0.3, 0.4) is 0 Å². The van der Waals surface area contributed by atoms with Gasteiger partial charge in [-0.15, -0.1) is 0 Å². The van der Waals surface area contributed by atoms with Gasteiger partial charge >= 0.3 is 0 Å². The van der Waals surface area contributed by atoms with Crippen LogP contribution in [0.5, 0.6) is 0 Å². The topological polar surface area (TPSA) is 38.9 Å². The van der Waals surface area contributed by atoms with Gasteiger partial charge in [-0.3, -0.25) is 0 Å². The van der Waals surface area contributed by atoms with Crippen LogP contribution in [0.25, 0.3) is 34.0 Å². The van der Waals surface area contributed by atoms with Gasteiger partial charge in [0, 0.05) is 16.1 Å². The normalized spacial score (nSPS) is 11.0. The Kier molecular flexibility index (Phi) is 6.06. The van der Waals surface area contributed by atoms with E-state index in [1.165, 1.54) is 36.0 Å². The molecule has 0 saturated heterocycles. The van der Waals surface area contributed by atoms with Crippen LogP contribution in [-0.2, 0) is 6.42 Å². The summed E-state index contributed by atoms with van der Waals surface area (Å²) in [5.74, 6) is 1.06. The summed E-state index contributed by atoms with van der Waals surface area (Å²) in [5.41, 5.74) is 5.57. The van der Waals surface area contributed by atoms with E-state index in [2.05, 4.69) is 53.5 Å². The minimum atomic E-state index is 0.486. The molecule has 0 aliphatic carbocycles. The van der Waals surface area contributed by atoms with Crippen molar-refractivity contribution in [1.29, 1.82) is 0 Å². The summed E-state index contributed by atoms with van der Waals surface area (Å²) in [6.45, 7) is 2.24. The SMILES string of the molecule is CCCCCc1ccc(-c2ccc(-c3noc(-c4ccc(Cl)cc4)n3)cc2)cc1. The van der Waals surface area contributed by atoms with Gasteiger partial charge < -0.3 is 4.52 Å². The molecule has 0 atom stereocenters. The van der Waals surface area contributed by atoms with Gasteiger partial charge in [-0.2, -0.15) is 4.98 Å². The number of rotatable bonds is 7. The fraction of sp³-hybridized carbons (Fsp3) is 0.200. The van der Waals surface area contributed by atoms with Crippen molar-refractivity contribution in [2.24, 2.45) is 0 Å². The molecule has 0 fully saturated rings. The molecule has 0 saturated carbocycles. The van der Waals surface area contributed by atoms with E-state index in [1.54, 1.807) is 0 Å². The molecular weight excluding hydrogens is 380 g/mol. The van der Waals surface area contributed by atoms with Crippen molar-refractivity contribution in [2.45, 2.75) is 32.6 Å².